The van der Waals surface area contributed by atoms with Crippen LogP contribution in [0.25, 0.3) is 0 Å². The fourth-order valence-corrected chi connectivity index (χ4v) is 3.35. The molecule has 8 nitrogen and oxygen atoms in total. The van der Waals surface area contributed by atoms with Gasteiger partial charge < -0.3 is 19.1 Å². The quantitative estimate of drug-likeness (QED) is 0.766. The average Bonchev–Trinajstić information content (AvgIpc) is 3.07. The van der Waals surface area contributed by atoms with E-state index in [-0.39, 0.29) is 11.9 Å². The van der Waals surface area contributed by atoms with Gasteiger partial charge in [0.25, 0.3) is 5.91 Å². The Balaban J connectivity index is 1.63. The summed E-state index contributed by atoms with van der Waals surface area (Å²) in [5.74, 6) is 1.18. The average molecular weight is 409 g/mol. The fourth-order valence-electron chi connectivity index (χ4n) is 3.00. The Morgan fingerprint density at radius 2 is 2.08 bits per heavy atom. The van der Waals surface area contributed by atoms with Crippen molar-refractivity contribution in [2.75, 3.05) is 32.1 Å². The van der Waals surface area contributed by atoms with Crippen LogP contribution in [0.1, 0.15) is 23.3 Å². The van der Waals surface area contributed by atoms with Crippen LogP contribution in [-0.4, -0.2) is 63.6 Å². The van der Waals surface area contributed by atoms with Gasteiger partial charge in [0.15, 0.2) is 0 Å². The van der Waals surface area contributed by atoms with E-state index in [4.69, 9.17) is 4.74 Å². The molecule has 25 heavy (non-hydrogen) atoms. The standard InChI is InChI=1S/C16H21BrN6O2/c1-21-10-18-9-13(21)15(24)22(2)11-4-6-23(7-5-11)16-19-8-12(17)14(20-16)25-3/h8-11H,4-7H2,1-3H3. The van der Waals surface area contributed by atoms with Crippen molar-refractivity contribution in [1.29, 1.82) is 0 Å². The first-order valence-corrected chi connectivity index (χ1v) is 8.85. The molecule has 1 aliphatic rings. The number of rotatable bonds is 4. The third-order valence-electron chi connectivity index (χ3n) is 4.54. The van der Waals surface area contributed by atoms with Crippen molar-refractivity contribution < 1.29 is 9.53 Å². The molecular weight excluding hydrogens is 388 g/mol. The normalized spacial score (nSPS) is 15.3. The number of hydrogen-bond donors (Lipinski definition) is 0. The van der Waals surface area contributed by atoms with Gasteiger partial charge in [-0.3, -0.25) is 4.79 Å². The van der Waals surface area contributed by atoms with Gasteiger partial charge in [-0.05, 0) is 28.8 Å². The molecule has 0 bridgehead atoms. The molecule has 1 fully saturated rings. The molecule has 1 aliphatic heterocycles. The SMILES string of the molecule is COc1nc(N2CCC(N(C)C(=O)c3cncn3C)CC2)ncc1Br. The number of carbonyl (C=O) groups excluding carboxylic acids is 1. The summed E-state index contributed by atoms with van der Waals surface area (Å²) in [5, 5.41) is 0. The lowest BCUT2D eigenvalue weighted by Crippen LogP contribution is -2.46. The lowest BCUT2D eigenvalue weighted by atomic mass is 10.0. The fraction of sp³-hybridized carbons (Fsp3) is 0.500. The van der Waals surface area contributed by atoms with Gasteiger partial charge in [-0.2, -0.15) is 4.98 Å². The highest BCUT2D eigenvalue weighted by Gasteiger charge is 2.28. The minimum absolute atomic E-state index is 0.0000101. The highest BCUT2D eigenvalue weighted by Crippen LogP contribution is 2.26. The van der Waals surface area contributed by atoms with E-state index in [0.29, 0.717) is 17.5 Å². The van der Waals surface area contributed by atoms with Gasteiger partial charge in [-0.15, -0.1) is 0 Å². The number of anilines is 1. The minimum Gasteiger partial charge on any atom is -0.480 e. The summed E-state index contributed by atoms with van der Waals surface area (Å²) in [5.41, 5.74) is 0.603. The van der Waals surface area contributed by atoms with E-state index < -0.39 is 0 Å². The van der Waals surface area contributed by atoms with Gasteiger partial charge >= 0.3 is 0 Å². The Labute approximate surface area is 155 Å². The first kappa shape index (κ1) is 17.7. The number of halogens is 1. The lowest BCUT2D eigenvalue weighted by molar-refractivity contribution is 0.0699. The zero-order chi connectivity index (χ0) is 18.0. The first-order chi connectivity index (χ1) is 12.0. The van der Waals surface area contributed by atoms with Crippen LogP contribution >= 0.6 is 15.9 Å². The van der Waals surface area contributed by atoms with Crippen LogP contribution in [0, 0.1) is 0 Å². The molecule has 9 heteroatoms. The summed E-state index contributed by atoms with van der Waals surface area (Å²) < 4.78 is 7.71. The molecule has 1 saturated heterocycles. The van der Waals surface area contributed by atoms with E-state index in [0.717, 1.165) is 30.4 Å². The smallest absolute Gasteiger partial charge is 0.272 e. The molecule has 0 atom stereocenters. The molecule has 0 unspecified atom stereocenters. The Hall–Kier alpha value is -2.16. The van der Waals surface area contributed by atoms with Crippen LogP contribution in [0.5, 0.6) is 5.88 Å². The molecule has 134 valence electrons. The summed E-state index contributed by atoms with van der Waals surface area (Å²) in [4.78, 5) is 29.3. The predicted molar refractivity (Wildman–Crippen MR) is 96.8 cm³/mol. The molecule has 3 heterocycles. The molecule has 0 radical (unpaired) electrons. The number of imidazole rings is 1. The van der Waals surface area contributed by atoms with E-state index in [2.05, 4.69) is 35.8 Å². The van der Waals surface area contributed by atoms with Gasteiger partial charge in [0.1, 0.15) is 5.69 Å². The topological polar surface area (TPSA) is 76.4 Å². The highest BCUT2D eigenvalue weighted by molar-refractivity contribution is 9.10. The number of amides is 1. The third kappa shape index (κ3) is 3.60. The van der Waals surface area contributed by atoms with Gasteiger partial charge in [0.2, 0.25) is 11.8 Å². The number of carbonyl (C=O) groups is 1. The van der Waals surface area contributed by atoms with Gasteiger partial charge in [0.05, 0.1) is 30.3 Å². The highest BCUT2D eigenvalue weighted by atomic mass is 79.9. The van der Waals surface area contributed by atoms with Gasteiger partial charge in [-0.1, -0.05) is 0 Å². The van der Waals surface area contributed by atoms with Crippen molar-refractivity contribution in [1.82, 2.24) is 24.4 Å². The molecule has 1 amide bonds. The van der Waals surface area contributed by atoms with E-state index >= 15 is 0 Å². The second-order valence-corrected chi connectivity index (χ2v) is 6.91. The van der Waals surface area contributed by atoms with E-state index in [1.165, 1.54) is 0 Å². The molecule has 0 spiro atoms. The Kier molecular flexibility index (Phi) is 5.22. The van der Waals surface area contributed by atoms with Crippen molar-refractivity contribution in [2.45, 2.75) is 18.9 Å². The molecule has 0 aliphatic carbocycles. The molecule has 0 N–H and O–H groups in total. The Morgan fingerprint density at radius 1 is 1.36 bits per heavy atom. The third-order valence-corrected chi connectivity index (χ3v) is 5.09. The van der Waals surface area contributed by atoms with Crippen LogP contribution in [0.3, 0.4) is 0 Å². The Morgan fingerprint density at radius 3 is 2.68 bits per heavy atom. The Bertz CT molecular complexity index is 757. The minimum atomic E-state index is 0.0000101. The predicted octanol–water partition coefficient (Wildman–Crippen LogP) is 1.72. The largest absolute Gasteiger partial charge is 0.480 e. The number of nitrogens with zero attached hydrogens (tertiary/aromatic N) is 6. The van der Waals surface area contributed by atoms with Crippen molar-refractivity contribution in [3.05, 3.63) is 28.9 Å². The zero-order valence-corrected chi connectivity index (χ0v) is 16.1. The molecule has 2 aromatic heterocycles. The van der Waals surface area contributed by atoms with E-state index in [9.17, 15) is 4.79 Å². The van der Waals surface area contributed by atoms with Crippen molar-refractivity contribution in [3.8, 4) is 5.88 Å². The number of methoxy groups -OCH3 is 1. The van der Waals surface area contributed by atoms with Crippen molar-refractivity contribution in [2.24, 2.45) is 7.05 Å². The van der Waals surface area contributed by atoms with Crippen molar-refractivity contribution in [3.63, 3.8) is 0 Å². The summed E-state index contributed by atoms with van der Waals surface area (Å²) in [6.45, 7) is 1.58. The van der Waals surface area contributed by atoms with Crippen LogP contribution in [0.2, 0.25) is 0 Å². The van der Waals surface area contributed by atoms with Crippen LogP contribution in [-0.2, 0) is 7.05 Å². The summed E-state index contributed by atoms with van der Waals surface area (Å²) in [7, 11) is 5.27. The van der Waals surface area contributed by atoms with Crippen LogP contribution in [0.4, 0.5) is 5.95 Å². The second kappa shape index (κ2) is 7.38. The number of aryl methyl sites for hydroxylation is 1. The van der Waals surface area contributed by atoms with E-state index in [1.54, 1.807) is 30.4 Å². The summed E-state index contributed by atoms with van der Waals surface area (Å²) >= 11 is 3.36. The molecule has 0 aromatic carbocycles. The number of ether oxygens (including phenoxy) is 1. The molecular formula is C16H21BrN6O2. The van der Waals surface area contributed by atoms with Gasteiger partial charge in [-0.25, -0.2) is 9.97 Å². The van der Waals surface area contributed by atoms with Crippen LogP contribution < -0.4 is 9.64 Å². The lowest BCUT2D eigenvalue weighted by Gasteiger charge is -2.36. The first-order valence-electron chi connectivity index (χ1n) is 8.06. The number of aromatic nitrogens is 4. The van der Waals surface area contributed by atoms with Crippen LogP contribution in [0.15, 0.2) is 23.2 Å². The maximum atomic E-state index is 12.6. The summed E-state index contributed by atoms with van der Waals surface area (Å²) in [6, 6.07) is 0.191. The molecule has 2 aromatic rings. The van der Waals surface area contributed by atoms with Crippen molar-refractivity contribution >= 4 is 27.8 Å². The molecule has 0 saturated carbocycles. The second-order valence-electron chi connectivity index (χ2n) is 6.05. The summed E-state index contributed by atoms with van der Waals surface area (Å²) in [6.07, 6.45) is 6.67. The maximum absolute atomic E-state index is 12.6. The zero-order valence-electron chi connectivity index (χ0n) is 14.5. The van der Waals surface area contributed by atoms with Gasteiger partial charge in [0, 0.05) is 33.2 Å². The number of hydrogen-bond acceptors (Lipinski definition) is 6. The molecule has 3 rings (SSSR count). The van der Waals surface area contributed by atoms with E-state index in [1.807, 2.05) is 19.0 Å². The number of piperidine rings is 1. The maximum Gasteiger partial charge on any atom is 0.272 e. The monoisotopic (exact) mass is 408 g/mol.